The van der Waals surface area contributed by atoms with Crippen molar-refractivity contribution in [3.63, 3.8) is 0 Å². The first kappa shape index (κ1) is 16.4. The van der Waals surface area contributed by atoms with Crippen LogP contribution in [0.15, 0.2) is 30.5 Å². The van der Waals surface area contributed by atoms with E-state index in [1.165, 1.54) is 6.92 Å². The van der Waals surface area contributed by atoms with Gasteiger partial charge in [-0.25, -0.2) is 4.98 Å². The van der Waals surface area contributed by atoms with Gasteiger partial charge in [0.15, 0.2) is 0 Å². The molecule has 23 heavy (non-hydrogen) atoms. The number of aromatic nitrogens is 1. The Morgan fingerprint density at radius 2 is 1.91 bits per heavy atom. The summed E-state index contributed by atoms with van der Waals surface area (Å²) in [6.45, 7) is 3.36. The first-order chi connectivity index (χ1) is 10.9. The summed E-state index contributed by atoms with van der Waals surface area (Å²) in [7, 11) is 0. The third-order valence-corrected chi connectivity index (χ3v) is 3.25. The molecular weight excluding hydrogens is 294 g/mol. The number of nitrogen functional groups attached to an aromatic ring is 1. The van der Waals surface area contributed by atoms with Gasteiger partial charge in [0.25, 0.3) is 5.91 Å². The van der Waals surface area contributed by atoms with E-state index in [0.29, 0.717) is 22.8 Å². The molecule has 7 heteroatoms. The maximum atomic E-state index is 12.5. The zero-order valence-electron chi connectivity index (χ0n) is 13.0. The molecule has 7 nitrogen and oxygen atoms in total. The monoisotopic (exact) mass is 313 g/mol. The molecule has 0 saturated carbocycles. The standard InChI is InChI=1S/C16H19N5O2/c1-9-3-6-14(19-8-9)21-16(23)11-4-5-13(18)12(7-17)15(11)20-10(2)22/h3-6,8H,7,17-18H2,1-2H3,(H,20,22)(H,19,21,23). The maximum absolute atomic E-state index is 12.5. The van der Waals surface area contributed by atoms with E-state index in [1.807, 2.05) is 13.0 Å². The molecule has 2 rings (SSSR count). The lowest BCUT2D eigenvalue weighted by atomic mass is 10.0. The zero-order valence-corrected chi connectivity index (χ0v) is 13.0. The number of aryl methyl sites for hydroxylation is 1. The highest BCUT2D eigenvalue weighted by atomic mass is 16.2. The van der Waals surface area contributed by atoms with Gasteiger partial charge in [-0.1, -0.05) is 6.07 Å². The number of hydrogen-bond donors (Lipinski definition) is 4. The smallest absolute Gasteiger partial charge is 0.258 e. The van der Waals surface area contributed by atoms with Crippen molar-refractivity contribution in [1.82, 2.24) is 4.98 Å². The van der Waals surface area contributed by atoms with Crippen LogP contribution in [-0.2, 0) is 11.3 Å². The van der Waals surface area contributed by atoms with E-state index < -0.39 is 5.91 Å². The van der Waals surface area contributed by atoms with Gasteiger partial charge in [-0.05, 0) is 30.7 Å². The van der Waals surface area contributed by atoms with Crippen molar-refractivity contribution in [3.05, 3.63) is 47.2 Å². The van der Waals surface area contributed by atoms with Crippen molar-refractivity contribution in [1.29, 1.82) is 0 Å². The van der Waals surface area contributed by atoms with Crippen molar-refractivity contribution >= 4 is 29.0 Å². The lowest BCUT2D eigenvalue weighted by molar-refractivity contribution is -0.114. The molecule has 0 atom stereocenters. The second kappa shape index (κ2) is 6.89. The summed E-state index contributed by atoms with van der Waals surface area (Å²) in [4.78, 5) is 28.0. The Bertz CT molecular complexity index is 741. The SMILES string of the molecule is CC(=O)Nc1c(C(=O)Nc2ccc(C)cn2)ccc(N)c1CN. The molecule has 0 saturated heterocycles. The van der Waals surface area contributed by atoms with Gasteiger partial charge in [0.05, 0.1) is 11.3 Å². The molecular formula is C16H19N5O2. The topological polar surface area (TPSA) is 123 Å². The van der Waals surface area contributed by atoms with Crippen molar-refractivity contribution in [3.8, 4) is 0 Å². The van der Waals surface area contributed by atoms with Gasteiger partial charge in [-0.15, -0.1) is 0 Å². The molecule has 0 aliphatic carbocycles. The number of nitrogens with zero attached hydrogens (tertiary/aromatic N) is 1. The highest BCUT2D eigenvalue weighted by Crippen LogP contribution is 2.27. The minimum atomic E-state index is -0.403. The quantitative estimate of drug-likeness (QED) is 0.639. The minimum Gasteiger partial charge on any atom is -0.398 e. The van der Waals surface area contributed by atoms with Crippen molar-refractivity contribution < 1.29 is 9.59 Å². The summed E-state index contributed by atoms with van der Waals surface area (Å²) in [5, 5.41) is 5.32. The van der Waals surface area contributed by atoms with Gasteiger partial charge in [0.1, 0.15) is 5.82 Å². The molecule has 1 heterocycles. The lowest BCUT2D eigenvalue weighted by Crippen LogP contribution is -2.20. The highest BCUT2D eigenvalue weighted by molar-refractivity contribution is 6.10. The zero-order chi connectivity index (χ0) is 17.0. The fourth-order valence-electron chi connectivity index (χ4n) is 2.12. The van der Waals surface area contributed by atoms with Gasteiger partial charge in [-0.2, -0.15) is 0 Å². The summed E-state index contributed by atoms with van der Waals surface area (Å²) < 4.78 is 0. The van der Waals surface area contributed by atoms with Crippen LogP contribution in [0, 0.1) is 6.92 Å². The van der Waals surface area contributed by atoms with Crippen LogP contribution < -0.4 is 22.1 Å². The number of nitrogens with two attached hydrogens (primary N) is 2. The van der Waals surface area contributed by atoms with Crippen LogP contribution in [0.3, 0.4) is 0 Å². The number of amides is 2. The molecule has 0 fully saturated rings. The highest BCUT2D eigenvalue weighted by Gasteiger charge is 2.18. The van der Waals surface area contributed by atoms with Crippen LogP contribution in [0.4, 0.5) is 17.2 Å². The number of anilines is 3. The first-order valence-corrected chi connectivity index (χ1v) is 7.05. The predicted molar refractivity (Wildman–Crippen MR) is 90.0 cm³/mol. The Kier molecular flexibility index (Phi) is 4.92. The molecule has 2 aromatic rings. The number of nitrogens with one attached hydrogen (secondary N) is 2. The van der Waals surface area contributed by atoms with Crippen LogP contribution in [0.2, 0.25) is 0 Å². The van der Waals surface area contributed by atoms with Gasteiger partial charge in [0.2, 0.25) is 5.91 Å². The van der Waals surface area contributed by atoms with Gasteiger partial charge >= 0.3 is 0 Å². The lowest BCUT2D eigenvalue weighted by Gasteiger charge is -2.16. The largest absolute Gasteiger partial charge is 0.398 e. The molecule has 0 unspecified atom stereocenters. The third kappa shape index (κ3) is 3.83. The third-order valence-electron chi connectivity index (χ3n) is 3.25. The van der Waals surface area contributed by atoms with E-state index in [1.54, 1.807) is 24.4 Å². The molecule has 120 valence electrons. The number of carbonyl (C=O) groups is 2. The van der Waals surface area contributed by atoms with Crippen molar-refractivity contribution in [2.75, 3.05) is 16.4 Å². The molecule has 0 aliphatic heterocycles. The number of pyridine rings is 1. The van der Waals surface area contributed by atoms with Crippen LogP contribution in [0.5, 0.6) is 0 Å². The van der Waals surface area contributed by atoms with Crippen LogP contribution in [0.1, 0.15) is 28.4 Å². The second-order valence-electron chi connectivity index (χ2n) is 5.12. The summed E-state index contributed by atoms with van der Waals surface area (Å²) in [5.41, 5.74) is 14.1. The average Bonchev–Trinajstić information content (AvgIpc) is 2.49. The maximum Gasteiger partial charge on any atom is 0.258 e. The van der Waals surface area contributed by atoms with Gasteiger partial charge in [0, 0.05) is 30.9 Å². The Balaban J connectivity index is 2.38. The van der Waals surface area contributed by atoms with Gasteiger partial charge in [-0.3, -0.25) is 9.59 Å². The van der Waals surface area contributed by atoms with Crippen LogP contribution in [-0.4, -0.2) is 16.8 Å². The van der Waals surface area contributed by atoms with Gasteiger partial charge < -0.3 is 22.1 Å². The van der Waals surface area contributed by atoms with E-state index in [2.05, 4.69) is 15.6 Å². The molecule has 0 spiro atoms. The summed E-state index contributed by atoms with van der Waals surface area (Å²) in [6, 6.07) is 6.67. The molecule has 1 aromatic heterocycles. The first-order valence-electron chi connectivity index (χ1n) is 7.05. The Morgan fingerprint density at radius 1 is 1.17 bits per heavy atom. The molecule has 0 bridgehead atoms. The van der Waals surface area contributed by atoms with Crippen LogP contribution >= 0.6 is 0 Å². The molecule has 0 radical (unpaired) electrons. The summed E-state index contributed by atoms with van der Waals surface area (Å²) in [6.07, 6.45) is 1.65. The number of carbonyl (C=O) groups excluding carboxylic acids is 2. The van der Waals surface area contributed by atoms with E-state index in [9.17, 15) is 9.59 Å². The second-order valence-corrected chi connectivity index (χ2v) is 5.12. The fraction of sp³-hybridized carbons (Fsp3) is 0.188. The van der Waals surface area contributed by atoms with E-state index in [4.69, 9.17) is 11.5 Å². The number of hydrogen-bond acceptors (Lipinski definition) is 5. The Hall–Kier alpha value is -2.93. The Morgan fingerprint density at radius 3 is 2.48 bits per heavy atom. The Labute approximate surface area is 134 Å². The summed E-state index contributed by atoms with van der Waals surface area (Å²) >= 11 is 0. The average molecular weight is 313 g/mol. The molecule has 2 amide bonds. The van der Waals surface area contributed by atoms with Crippen molar-refractivity contribution in [2.45, 2.75) is 20.4 Å². The summed E-state index contributed by atoms with van der Waals surface area (Å²) in [5.74, 6) is -0.298. The molecule has 6 N–H and O–H groups in total. The number of benzene rings is 1. The minimum absolute atomic E-state index is 0.103. The predicted octanol–water partition coefficient (Wildman–Crippen LogP) is 1.64. The normalized spacial score (nSPS) is 10.2. The molecule has 1 aromatic carbocycles. The van der Waals surface area contributed by atoms with Crippen molar-refractivity contribution in [2.24, 2.45) is 5.73 Å². The van der Waals surface area contributed by atoms with E-state index in [-0.39, 0.29) is 18.0 Å². The fourth-order valence-corrected chi connectivity index (χ4v) is 2.12. The van der Waals surface area contributed by atoms with E-state index in [0.717, 1.165) is 5.56 Å². The van der Waals surface area contributed by atoms with Crippen LogP contribution in [0.25, 0.3) is 0 Å². The number of rotatable bonds is 4. The molecule has 0 aliphatic rings. The van der Waals surface area contributed by atoms with E-state index >= 15 is 0 Å².